The molecule has 2 aromatic carbocycles. The number of ether oxygens (including phenoxy) is 1. The minimum atomic E-state index is 0.665. The van der Waals surface area contributed by atoms with Crippen LogP contribution in [0.3, 0.4) is 0 Å². The topological polar surface area (TPSA) is 21.3 Å². The quantitative estimate of drug-likeness (QED) is 0.783. The van der Waals surface area contributed by atoms with Crippen molar-refractivity contribution < 1.29 is 4.74 Å². The largest absolute Gasteiger partial charge is 0.380 e. The first-order chi connectivity index (χ1) is 9.78. The summed E-state index contributed by atoms with van der Waals surface area (Å²) in [6, 6.07) is 16.5. The fraction of sp³-hybridized carbons (Fsp3) is 0.294. The second kappa shape index (κ2) is 8.05. The first-order valence-corrected chi connectivity index (χ1v) is 7.17. The van der Waals surface area contributed by atoms with Crippen molar-refractivity contribution >= 4 is 11.6 Å². The molecule has 0 saturated carbocycles. The zero-order chi connectivity index (χ0) is 14.2. The average molecular weight is 290 g/mol. The summed E-state index contributed by atoms with van der Waals surface area (Å²) in [5.74, 6) is 0. The van der Waals surface area contributed by atoms with Gasteiger partial charge in [-0.1, -0.05) is 48.0 Å². The number of halogens is 1. The third-order valence-electron chi connectivity index (χ3n) is 3.14. The average Bonchev–Trinajstić information content (AvgIpc) is 2.46. The smallest absolute Gasteiger partial charge is 0.0713 e. The van der Waals surface area contributed by atoms with Crippen LogP contribution in [0.2, 0.25) is 5.02 Å². The van der Waals surface area contributed by atoms with Gasteiger partial charge in [-0.05, 0) is 41.8 Å². The van der Waals surface area contributed by atoms with Crippen LogP contribution in [0.25, 0.3) is 0 Å². The fourth-order valence-corrected chi connectivity index (χ4v) is 2.24. The minimum Gasteiger partial charge on any atom is -0.380 e. The van der Waals surface area contributed by atoms with E-state index in [-0.39, 0.29) is 0 Å². The molecule has 0 aliphatic rings. The molecule has 2 nitrogen and oxygen atoms in total. The van der Waals surface area contributed by atoms with E-state index in [1.54, 1.807) is 7.11 Å². The summed E-state index contributed by atoms with van der Waals surface area (Å²) in [5.41, 5.74) is 3.80. The molecule has 1 N–H and O–H groups in total. The SMILES string of the molecule is COCc1cccc(CNCCc2ccc(Cl)cc2)c1. The van der Waals surface area contributed by atoms with Crippen LogP contribution in [0.15, 0.2) is 48.5 Å². The molecule has 2 rings (SSSR count). The van der Waals surface area contributed by atoms with E-state index in [2.05, 4.69) is 41.7 Å². The lowest BCUT2D eigenvalue weighted by Crippen LogP contribution is -2.16. The first-order valence-electron chi connectivity index (χ1n) is 6.80. The van der Waals surface area contributed by atoms with Crippen LogP contribution in [0, 0.1) is 0 Å². The number of rotatable bonds is 7. The van der Waals surface area contributed by atoms with Gasteiger partial charge in [0, 0.05) is 18.7 Å². The monoisotopic (exact) mass is 289 g/mol. The number of hydrogen-bond donors (Lipinski definition) is 1. The van der Waals surface area contributed by atoms with Gasteiger partial charge in [0.25, 0.3) is 0 Å². The molecule has 0 bridgehead atoms. The summed E-state index contributed by atoms with van der Waals surface area (Å²) in [6.07, 6.45) is 1.01. The van der Waals surface area contributed by atoms with Crippen LogP contribution in [0.4, 0.5) is 0 Å². The van der Waals surface area contributed by atoms with Gasteiger partial charge in [-0.3, -0.25) is 0 Å². The Balaban J connectivity index is 1.75. The van der Waals surface area contributed by atoms with Gasteiger partial charge < -0.3 is 10.1 Å². The Morgan fingerprint density at radius 1 is 1.00 bits per heavy atom. The lowest BCUT2D eigenvalue weighted by molar-refractivity contribution is 0.185. The fourth-order valence-electron chi connectivity index (χ4n) is 2.11. The molecule has 0 aromatic heterocycles. The summed E-state index contributed by atoms with van der Waals surface area (Å²) in [6.45, 7) is 2.50. The highest BCUT2D eigenvalue weighted by Crippen LogP contribution is 2.10. The lowest BCUT2D eigenvalue weighted by Gasteiger charge is -2.07. The predicted octanol–water partition coefficient (Wildman–Crippen LogP) is 3.82. The van der Waals surface area contributed by atoms with Gasteiger partial charge in [0.2, 0.25) is 0 Å². The maximum Gasteiger partial charge on any atom is 0.0713 e. The van der Waals surface area contributed by atoms with Crippen molar-refractivity contribution in [2.24, 2.45) is 0 Å². The van der Waals surface area contributed by atoms with E-state index < -0.39 is 0 Å². The van der Waals surface area contributed by atoms with Crippen LogP contribution in [-0.2, 0) is 24.3 Å². The van der Waals surface area contributed by atoms with Crippen molar-refractivity contribution in [1.29, 1.82) is 0 Å². The van der Waals surface area contributed by atoms with Crippen molar-refractivity contribution in [2.45, 2.75) is 19.6 Å². The van der Waals surface area contributed by atoms with E-state index in [9.17, 15) is 0 Å². The Kier molecular flexibility index (Phi) is 6.06. The van der Waals surface area contributed by atoms with Crippen LogP contribution in [-0.4, -0.2) is 13.7 Å². The third-order valence-corrected chi connectivity index (χ3v) is 3.39. The minimum absolute atomic E-state index is 0.665. The summed E-state index contributed by atoms with van der Waals surface area (Å²) < 4.78 is 5.14. The Hall–Kier alpha value is -1.35. The van der Waals surface area contributed by atoms with Gasteiger partial charge in [-0.25, -0.2) is 0 Å². The van der Waals surface area contributed by atoms with Gasteiger partial charge in [-0.2, -0.15) is 0 Å². The Bertz CT molecular complexity index is 525. The van der Waals surface area contributed by atoms with Crippen molar-refractivity contribution in [1.82, 2.24) is 5.32 Å². The van der Waals surface area contributed by atoms with Gasteiger partial charge in [0.15, 0.2) is 0 Å². The summed E-state index contributed by atoms with van der Waals surface area (Å²) in [5, 5.41) is 4.25. The maximum absolute atomic E-state index is 5.87. The van der Waals surface area contributed by atoms with Gasteiger partial charge in [-0.15, -0.1) is 0 Å². The summed E-state index contributed by atoms with van der Waals surface area (Å²) in [4.78, 5) is 0. The van der Waals surface area contributed by atoms with E-state index in [1.807, 2.05) is 12.1 Å². The van der Waals surface area contributed by atoms with Crippen molar-refractivity contribution in [2.75, 3.05) is 13.7 Å². The lowest BCUT2D eigenvalue weighted by atomic mass is 10.1. The molecule has 0 saturated heterocycles. The van der Waals surface area contributed by atoms with Crippen molar-refractivity contribution in [3.05, 3.63) is 70.2 Å². The van der Waals surface area contributed by atoms with E-state index in [4.69, 9.17) is 16.3 Å². The van der Waals surface area contributed by atoms with Gasteiger partial charge in [0.05, 0.1) is 6.61 Å². The zero-order valence-electron chi connectivity index (χ0n) is 11.7. The Morgan fingerprint density at radius 2 is 1.75 bits per heavy atom. The number of nitrogens with one attached hydrogen (secondary N) is 1. The number of benzene rings is 2. The second-order valence-electron chi connectivity index (χ2n) is 4.81. The van der Waals surface area contributed by atoms with Crippen LogP contribution < -0.4 is 5.32 Å². The maximum atomic E-state index is 5.87. The van der Waals surface area contributed by atoms with Crippen LogP contribution in [0.5, 0.6) is 0 Å². The molecule has 0 amide bonds. The highest BCUT2D eigenvalue weighted by Gasteiger charge is 1.97. The molecule has 2 aromatic rings. The molecular formula is C17H20ClNO. The van der Waals surface area contributed by atoms with Crippen molar-refractivity contribution in [3.8, 4) is 0 Å². The third kappa shape index (κ3) is 4.97. The van der Waals surface area contributed by atoms with Gasteiger partial charge in [0.1, 0.15) is 0 Å². The molecule has 0 heterocycles. The highest BCUT2D eigenvalue weighted by atomic mass is 35.5. The second-order valence-corrected chi connectivity index (χ2v) is 5.24. The molecule has 0 atom stereocenters. The molecule has 106 valence electrons. The molecule has 0 fully saturated rings. The molecule has 0 aliphatic heterocycles. The standard InChI is InChI=1S/C17H20ClNO/c1-20-13-16-4-2-3-15(11-16)12-19-10-9-14-5-7-17(18)8-6-14/h2-8,11,19H,9-10,12-13H2,1H3. The number of methoxy groups -OCH3 is 1. The molecule has 0 radical (unpaired) electrons. The molecule has 20 heavy (non-hydrogen) atoms. The predicted molar refractivity (Wildman–Crippen MR) is 84.0 cm³/mol. The zero-order valence-corrected chi connectivity index (χ0v) is 12.5. The normalized spacial score (nSPS) is 10.7. The Labute approximate surface area is 125 Å². The molecule has 0 aliphatic carbocycles. The molecule has 0 unspecified atom stereocenters. The van der Waals surface area contributed by atoms with E-state index >= 15 is 0 Å². The van der Waals surface area contributed by atoms with Gasteiger partial charge >= 0.3 is 0 Å². The number of hydrogen-bond acceptors (Lipinski definition) is 2. The first kappa shape index (κ1) is 15.0. The Morgan fingerprint density at radius 3 is 2.50 bits per heavy atom. The van der Waals surface area contributed by atoms with E-state index in [0.717, 1.165) is 24.5 Å². The molecule has 0 spiro atoms. The van der Waals surface area contributed by atoms with E-state index in [1.165, 1.54) is 16.7 Å². The van der Waals surface area contributed by atoms with Crippen molar-refractivity contribution in [3.63, 3.8) is 0 Å². The highest BCUT2D eigenvalue weighted by molar-refractivity contribution is 6.30. The van der Waals surface area contributed by atoms with Crippen LogP contribution in [0.1, 0.15) is 16.7 Å². The molecular weight excluding hydrogens is 270 g/mol. The summed E-state index contributed by atoms with van der Waals surface area (Å²) in [7, 11) is 1.72. The summed E-state index contributed by atoms with van der Waals surface area (Å²) >= 11 is 5.87. The van der Waals surface area contributed by atoms with Crippen LogP contribution >= 0.6 is 11.6 Å². The molecule has 3 heteroatoms. The van der Waals surface area contributed by atoms with E-state index in [0.29, 0.717) is 6.61 Å².